The van der Waals surface area contributed by atoms with Crippen LogP contribution in [0.3, 0.4) is 0 Å². The predicted molar refractivity (Wildman–Crippen MR) is 132 cm³/mol. The summed E-state index contributed by atoms with van der Waals surface area (Å²) in [6.45, 7) is 0.600. The van der Waals surface area contributed by atoms with Crippen molar-refractivity contribution in [2.45, 2.75) is 63.5 Å². The van der Waals surface area contributed by atoms with Gasteiger partial charge in [-0.3, -0.25) is 0 Å². The molecule has 36 heavy (non-hydrogen) atoms. The SMILES string of the molecule is NC(N)=NC(C=O)CCOc1ccc(C[C@H](NC(=O)OCC23CC4CC(CC(C4)C2)C3)C(=O)O)cc1. The molecule has 6 N–H and O–H groups in total. The van der Waals surface area contributed by atoms with E-state index < -0.39 is 24.1 Å². The molecule has 10 heteroatoms. The van der Waals surface area contributed by atoms with Crippen LogP contribution < -0.4 is 21.5 Å². The summed E-state index contributed by atoms with van der Waals surface area (Å²) in [6, 6.07) is 5.11. The van der Waals surface area contributed by atoms with Crippen LogP contribution in [-0.4, -0.2) is 54.7 Å². The Bertz CT molecular complexity index is 940. The largest absolute Gasteiger partial charge is 0.494 e. The fourth-order valence-corrected chi connectivity index (χ4v) is 6.68. The summed E-state index contributed by atoms with van der Waals surface area (Å²) in [5.41, 5.74) is 11.4. The third-order valence-electron chi connectivity index (χ3n) is 7.78. The summed E-state index contributed by atoms with van der Waals surface area (Å²) in [5.74, 6) is 1.54. The van der Waals surface area contributed by atoms with Crippen LogP contribution in [0.2, 0.25) is 0 Å². The molecule has 4 fully saturated rings. The summed E-state index contributed by atoms with van der Waals surface area (Å²) in [7, 11) is 0. The molecule has 0 aliphatic heterocycles. The first-order chi connectivity index (χ1) is 17.2. The smallest absolute Gasteiger partial charge is 0.407 e. The van der Waals surface area contributed by atoms with Crippen LogP contribution in [0.5, 0.6) is 5.75 Å². The van der Waals surface area contributed by atoms with Crippen LogP contribution in [0.15, 0.2) is 29.3 Å². The van der Waals surface area contributed by atoms with E-state index in [4.69, 9.17) is 20.9 Å². The number of nitrogens with zero attached hydrogens (tertiary/aromatic N) is 1. The number of guanidine groups is 1. The topological polar surface area (TPSA) is 166 Å². The lowest BCUT2D eigenvalue weighted by Gasteiger charge is -2.56. The Morgan fingerprint density at radius 3 is 2.25 bits per heavy atom. The van der Waals surface area contributed by atoms with E-state index >= 15 is 0 Å². The molecule has 0 spiro atoms. The van der Waals surface area contributed by atoms with Crippen molar-refractivity contribution in [2.75, 3.05) is 13.2 Å². The lowest BCUT2D eigenvalue weighted by molar-refractivity contribution is -0.139. The second kappa shape index (κ2) is 11.2. The van der Waals surface area contributed by atoms with Gasteiger partial charge in [-0.1, -0.05) is 12.1 Å². The zero-order valence-corrected chi connectivity index (χ0v) is 20.4. The zero-order valence-electron chi connectivity index (χ0n) is 20.4. The lowest BCUT2D eigenvalue weighted by atomic mass is 9.50. The second-order valence-corrected chi connectivity index (χ2v) is 10.8. The maximum Gasteiger partial charge on any atom is 0.407 e. The number of aliphatic carboxylic acids is 1. The van der Waals surface area contributed by atoms with Crippen molar-refractivity contribution < 1.29 is 29.0 Å². The first-order valence-electron chi connectivity index (χ1n) is 12.7. The number of hydrogen-bond donors (Lipinski definition) is 4. The normalized spacial score (nSPS) is 27.5. The van der Waals surface area contributed by atoms with Crippen molar-refractivity contribution in [3.8, 4) is 5.75 Å². The molecule has 0 heterocycles. The number of nitrogens with one attached hydrogen (secondary N) is 1. The van der Waals surface area contributed by atoms with Gasteiger partial charge >= 0.3 is 12.1 Å². The monoisotopic (exact) mass is 500 g/mol. The molecule has 196 valence electrons. The Labute approximate surface area is 210 Å². The molecule has 5 rings (SSSR count). The van der Waals surface area contributed by atoms with Crippen molar-refractivity contribution >= 4 is 24.3 Å². The summed E-state index contributed by atoms with van der Waals surface area (Å²) < 4.78 is 11.2. The number of benzene rings is 1. The number of aldehydes is 1. The molecule has 4 bridgehead atoms. The highest BCUT2D eigenvalue weighted by Crippen LogP contribution is 2.60. The van der Waals surface area contributed by atoms with Crippen molar-refractivity contribution in [3.05, 3.63) is 29.8 Å². The Morgan fingerprint density at radius 1 is 1.11 bits per heavy atom. The molecule has 1 unspecified atom stereocenters. The average molecular weight is 501 g/mol. The van der Waals surface area contributed by atoms with E-state index in [0.29, 0.717) is 25.1 Å². The van der Waals surface area contributed by atoms with E-state index in [0.717, 1.165) is 42.6 Å². The van der Waals surface area contributed by atoms with Crippen molar-refractivity contribution in [2.24, 2.45) is 39.6 Å². The summed E-state index contributed by atoms with van der Waals surface area (Å²) in [4.78, 5) is 39.1. The number of hydrogen-bond acceptors (Lipinski definition) is 6. The Morgan fingerprint density at radius 2 is 1.72 bits per heavy atom. The maximum atomic E-state index is 12.5. The number of rotatable bonds is 12. The van der Waals surface area contributed by atoms with Gasteiger partial charge in [0.2, 0.25) is 0 Å². The number of aliphatic imine (C=N–C) groups is 1. The fraction of sp³-hybridized carbons (Fsp3) is 0.615. The molecule has 10 nitrogen and oxygen atoms in total. The van der Waals surface area contributed by atoms with Crippen LogP contribution in [0.4, 0.5) is 4.79 Å². The minimum atomic E-state index is -1.12. The molecule has 4 saturated carbocycles. The van der Waals surface area contributed by atoms with Crippen molar-refractivity contribution in [1.29, 1.82) is 0 Å². The van der Waals surface area contributed by atoms with Crippen LogP contribution in [0.25, 0.3) is 0 Å². The molecule has 1 amide bonds. The van der Waals surface area contributed by atoms with Gasteiger partial charge in [0, 0.05) is 18.3 Å². The van der Waals surface area contributed by atoms with E-state index in [1.807, 2.05) is 0 Å². The molecular formula is C26H36N4O6. The van der Waals surface area contributed by atoms with Gasteiger partial charge < -0.3 is 36.2 Å². The first kappa shape index (κ1) is 25.8. The fourth-order valence-electron chi connectivity index (χ4n) is 6.68. The molecule has 4 aliphatic rings. The molecule has 1 aromatic carbocycles. The molecule has 1 aromatic rings. The third kappa shape index (κ3) is 6.67. The van der Waals surface area contributed by atoms with E-state index in [2.05, 4.69) is 10.3 Å². The van der Waals surface area contributed by atoms with Crippen LogP contribution in [0.1, 0.15) is 50.5 Å². The van der Waals surface area contributed by atoms with Crippen molar-refractivity contribution in [3.63, 3.8) is 0 Å². The molecular weight excluding hydrogens is 464 g/mol. The Kier molecular flexibility index (Phi) is 8.01. The van der Waals surface area contributed by atoms with Crippen molar-refractivity contribution in [1.82, 2.24) is 5.32 Å². The molecule has 0 saturated heterocycles. The van der Waals surface area contributed by atoms with Gasteiger partial charge in [0.05, 0.1) is 13.2 Å². The number of amides is 1. The van der Waals surface area contributed by atoms with Gasteiger partial charge in [-0.25, -0.2) is 14.6 Å². The number of alkyl carbamates (subject to hydrolysis) is 1. The van der Waals surface area contributed by atoms with Gasteiger partial charge in [-0.05, 0) is 74.0 Å². The number of carboxylic acids is 1. The molecule has 2 atom stereocenters. The quantitative estimate of drug-likeness (QED) is 0.193. The number of carbonyl (C=O) groups is 3. The minimum absolute atomic E-state index is 0.0790. The third-order valence-corrected chi connectivity index (χ3v) is 7.78. The molecule has 0 radical (unpaired) electrons. The Balaban J connectivity index is 1.23. The number of carboxylic acid groups (broad SMARTS) is 1. The summed E-state index contributed by atoms with van der Waals surface area (Å²) >= 11 is 0. The summed E-state index contributed by atoms with van der Waals surface area (Å²) in [5, 5.41) is 12.2. The zero-order chi connectivity index (χ0) is 25.7. The number of carbonyl (C=O) groups excluding carboxylic acids is 2. The van der Waals surface area contributed by atoms with E-state index in [1.165, 1.54) is 19.3 Å². The van der Waals surface area contributed by atoms with Crippen LogP contribution in [-0.2, 0) is 20.7 Å². The molecule has 4 aliphatic carbocycles. The Hall–Kier alpha value is -3.30. The lowest BCUT2D eigenvalue weighted by Crippen LogP contribution is -2.49. The maximum absolute atomic E-state index is 12.5. The van der Waals surface area contributed by atoms with Crippen LogP contribution >= 0.6 is 0 Å². The highest BCUT2D eigenvalue weighted by Gasteiger charge is 2.51. The van der Waals surface area contributed by atoms with Gasteiger partial charge in [0.15, 0.2) is 5.96 Å². The number of ether oxygens (including phenoxy) is 2. The highest BCUT2D eigenvalue weighted by atomic mass is 16.5. The highest BCUT2D eigenvalue weighted by molar-refractivity contribution is 5.80. The van der Waals surface area contributed by atoms with Gasteiger partial charge in [-0.2, -0.15) is 0 Å². The van der Waals surface area contributed by atoms with E-state index in [-0.39, 0.29) is 24.4 Å². The van der Waals surface area contributed by atoms with Gasteiger partial charge in [-0.15, -0.1) is 0 Å². The van der Waals surface area contributed by atoms with Gasteiger partial charge in [0.25, 0.3) is 0 Å². The molecule has 0 aromatic heterocycles. The minimum Gasteiger partial charge on any atom is -0.494 e. The summed E-state index contributed by atoms with van der Waals surface area (Å²) in [6.07, 6.45) is 7.70. The number of nitrogens with two attached hydrogens (primary N) is 2. The standard InChI is InChI=1S/C26H36N4O6/c27-24(28)29-20(14-31)5-6-35-21-3-1-16(2-4-21)10-22(23(32)33)30-25(34)36-15-26-11-17-7-18(12-26)9-19(8-17)13-26/h1-4,14,17-20,22H,5-13,15H2,(H,30,34)(H,32,33)(H4,27,28,29)/t17?,18?,19?,20?,22-,26?/m0/s1. The first-order valence-corrected chi connectivity index (χ1v) is 12.7. The van der Waals surface area contributed by atoms with Gasteiger partial charge in [0.1, 0.15) is 24.1 Å². The average Bonchev–Trinajstić information content (AvgIpc) is 2.81. The van der Waals surface area contributed by atoms with Crippen LogP contribution in [0, 0.1) is 23.2 Å². The second-order valence-electron chi connectivity index (χ2n) is 10.8. The van der Waals surface area contributed by atoms with E-state index in [9.17, 15) is 19.5 Å². The van der Waals surface area contributed by atoms with E-state index in [1.54, 1.807) is 24.3 Å². The predicted octanol–water partition coefficient (Wildman–Crippen LogP) is 2.23.